The Balaban J connectivity index is 1.54. The first-order valence-electron chi connectivity index (χ1n) is 7.25. The Bertz CT molecular complexity index is 766. The molecule has 0 aliphatic carbocycles. The lowest BCUT2D eigenvalue weighted by molar-refractivity contribution is -0.113. The highest BCUT2D eigenvalue weighted by atomic mass is 32.2. The van der Waals surface area contributed by atoms with E-state index in [-0.39, 0.29) is 11.7 Å². The topological polar surface area (TPSA) is 64.4 Å². The predicted octanol–water partition coefficient (Wildman–Crippen LogP) is 3.96. The van der Waals surface area contributed by atoms with Crippen LogP contribution in [0.15, 0.2) is 58.2 Å². The van der Waals surface area contributed by atoms with Crippen LogP contribution in [0.4, 0.5) is 5.69 Å². The number of oxazole rings is 1. The molecule has 0 saturated heterocycles. The summed E-state index contributed by atoms with van der Waals surface area (Å²) in [6.07, 6.45) is 0. The molecule has 5 nitrogen and oxygen atoms in total. The van der Waals surface area contributed by atoms with Crippen molar-refractivity contribution >= 4 is 34.5 Å². The zero-order chi connectivity index (χ0) is 16.1. The van der Waals surface area contributed by atoms with Gasteiger partial charge in [0.15, 0.2) is 5.58 Å². The van der Waals surface area contributed by atoms with E-state index in [1.54, 1.807) is 0 Å². The normalized spacial score (nSPS) is 10.7. The third-order valence-corrected chi connectivity index (χ3v) is 3.88. The largest absolute Gasteiger partial charge is 0.494 e. The summed E-state index contributed by atoms with van der Waals surface area (Å²) in [5.41, 5.74) is 2.25. The van der Waals surface area contributed by atoms with Gasteiger partial charge in [0.1, 0.15) is 11.3 Å². The average molecular weight is 328 g/mol. The van der Waals surface area contributed by atoms with Gasteiger partial charge in [-0.1, -0.05) is 23.9 Å². The van der Waals surface area contributed by atoms with Crippen LogP contribution in [0.2, 0.25) is 0 Å². The van der Waals surface area contributed by atoms with Gasteiger partial charge in [-0.25, -0.2) is 4.98 Å². The van der Waals surface area contributed by atoms with Crippen molar-refractivity contribution in [2.75, 3.05) is 17.7 Å². The molecule has 0 atom stereocenters. The van der Waals surface area contributed by atoms with E-state index in [1.165, 1.54) is 11.8 Å². The van der Waals surface area contributed by atoms with E-state index in [0.717, 1.165) is 22.5 Å². The van der Waals surface area contributed by atoms with Gasteiger partial charge in [-0.15, -0.1) is 0 Å². The Labute approximate surface area is 138 Å². The van der Waals surface area contributed by atoms with Crippen LogP contribution in [0.1, 0.15) is 6.92 Å². The third-order valence-electron chi connectivity index (χ3n) is 3.05. The maximum absolute atomic E-state index is 12.0. The minimum Gasteiger partial charge on any atom is -0.494 e. The fourth-order valence-electron chi connectivity index (χ4n) is 2.04. The molecular weight excluding hydrogens is 312 g/mol. The van der Waals surface area contributed by atoms with Gasteiger partial charge < -0.3 is 14.5 Å². The average Bonchev–Trinajstić information content (AvgIpc) is 2.98. The summed E-state index contributed by atoms with van der Waals surface area (Å²) >= 11 is 1.27. The van der Waals surface area contributed by atoms with Crippen molar-refractivity contribution in [2.24, 2.45) is 0 Å². The second kappa shape index (κ2) is 7.19. The molecule has 0 bridgehead atoms. The summed E-state index contributed by atoms with van der Waals surface area (Å²) in [4.78, 5) is 16.3. The Hall–Kier alpha value is -2.47. The number of hydrogen-bond acceptors (Lipinski definition) is 5. The molecule has 1 N–H and O–H groups in total. The van der Waals surface area contributed by atoms with Crippen molar-refractivity contribution in [3.63, 3.8) is 0 Å². The van der Waals surface area contributed by atoms with Gasteiger partial charge in [0.2, 0.25) is 5.91 Å². The highest BCUT2D eigenvalue weighted by Gasteiger charge is 2.09. The number of para-hydroxylation sites is 2. The molecular formula is C17H16N2O3S. The van der Waals surface area contributed by atoms with Gasteiger partial charge in [-0.3, -0.25) is 4.79 Å². The van der Waals surface area contributed by atoms with E-state index in [4.69, 9.17) is 9.15 Å². The highest BCUT2D eigenvalue weighted by molar-refractivity contribution is 7.99. The number of nitrogens with zero attached hydrogens (tertiary/aromatic N) is 1. The second-order valence-corrected chi connectivity index (χ2v) is 5.67. The van der Waals surface area contributed by atoms with Crippen LogP contribution in [0.5, 0.6) is 5.75 Å². The highest BCUT2D eigenvalue weighted by Crippen LogP contribution is 2.23. The Morgan fingerprint density at radius 3 is 2.74 bits per heavy atom. The van der Waals surface area contributed by atoms with Crippen molar-refractivity contribution in [2.45, 2.75) is 12.1 Å². The van der Waals surface area contributed by atoms with Gasteiger partial charge >= 0.3 is 0 Å². The summed E-state index contributed by atoms with van der Waals surface area (Å²) in [5, 5.41) is 3.32. The van der Waals surface area contributed by atoms with Crippen LogP contribution in [-0.2, 0) is 4.79 Å². The monoisotopic (exact) mass is 328 g/mol. The zero-order valence-electron chi connectivity index (χ0n) is 12.6. The van der Waals surface area contributed by atoms with Crippen LogP contribution in [0, 0.1) is 0 Å². The molecule has 0 fully saturated rings. The number of carbonyl (C=O) groups is 1. The minimum absolute atomic E-state index is 0.110. The van der Waals surface area contributed by atoms with E-state index in [2.05, 4.69) is 10.3 Å². The molecule has 0 radical (unpaired) electrons. The Kier molecular flexibility index (Phi) is 4.83. The molecule has 0 saturated carbocycles. The first-order valence-corrected chi connectivity index (χ1v) is 8.24. The number of aromatic nitrogens is 1. The number of fused-ring (bicyclic) bond motifs is 1. The van der Waals surface area contributed by atoms with Crippen LogP contribution in [0.3, 0.4) is 0 Å². The summed E-state index contributed by atoms with van der Waals surface area (Å²) < 4.78 is 10.9. The Morgan fingerprint density at radius 2 is 2.00 bits per heavy atom. The molecule has 0 aliphatic rings. The fourth-order valence-corrected chi connectivity index (χ4v) is 2.68. The smallest absolute Gasteiger partial charge is 0.257 e. The Morgan fingerprint density at radius 1 is 1.22 bits per heavy atom. The zero-order valence-corrected chi connectivity index (χ0v) is 13.4. The molecule has 3 aromatic rings. The van der Waals surface area contributed by atoms with Gasteiger partial charge in [-0.2, -0.15) is 0 Å². The van der Waals surface area contributed by atoms with E-state index in [1.807, 2.05) is 55.5 Å². The van der Waals surface area contributed by atoms with E-state index < -0.39 is 0 Å². The molecule has 0 aliphatic heterocycles. The molecule has 118 valence electrons. The fraction of sp³-hybridized carbons (Fsp3) is 0.176. The van der Waals surface area contributed by atoms with Crippen molar-refractivity contribution in [1.29, 1.82) is 0 Å². The van der Waals surface area contributed by atoms with Gasteiger partial charge in [0.05, 0.1) is 12.4 Å². The van der Waals surface area contributed by atoms with E-state index >= 15 is 0 Å². The van der Waals surface area contributed by atoms with Crippen LogP contribution in [-0.4, -0.2) is 23.3 Å². The maximum Gasteiger partial charge on any atom is 0.257 e. The number of ether oxygens (including phenoxy) is 1. The van der Waals surface area contributed by atoms with Gasteiger partial charge in [-0.05, 0) is 43.3 Å². The SMILES string of the molecule is CCOc1ccc(NC(=O)CSc2nc3ccccc3o2)cc1. The van der Waals surface area contributed by atoms with Crippen LogP contribution >= 0.6 is 11.8 Å². The van der Waals surface area contributed by atoms with Crippen LogP contribution < -0.4 is 10.1 Å². The number of anilines is 1. The number of nitrogens with one attached hydrogen (secondary N) is 1. The molecule has 0 unspecified atom stereocenters. The second-order valence-electron chi connectivity index (χ2n) is 4.74. The van der Waals surface area contributed by atoms with Crippen molar-refractivity contribution < 1.29 is 13.9 Å². The summed E-state index contributed by atoms with van der Waals surface area (Å²) in [6, 6.07) is 14.8. The van der Waals surface area contributed by atoms with E-state index in [9.17, 15) is 4.79 Å². The molecule has 0 spiro atoms. The predicted molar refractivity (Wildman–Crippen MR) is 91.0 cm³/mol. The first kappa shape index (κ1) is 15.4. The number of amides is 1. The number of carbonyl (C=O) groups excluding carboxylic acids is 1. The number of rotatable bonds is 6. The van der Waals surface area contributed by atoms with E-state index in [0.29, 0.717) is 11.8 Å². The summed E-state index contributed by atoms with van der Waals surface area (Å²) in [5.74, 6) is 0.910. The maximum atomic E-state index is 12.0. The molecule has 6 heteroatoms. The number of benzene rings is 2. The molecule has 23 heavy (non-hydrogen) atoms. The van der Waals surface area contributed by atoms with Gasteiger partial charge in [0, 0.05) is 5.69 Å². The standard InChI is InChI=1S/C17H16N2O3S/c1-2-21-13-9-7-12(8-10-13)18-16(20)11-23-17-19-14-5-3-4-6-15(14)22-17/h3-10H,2,11H2,1H3,(H,18,20). The lowest BCUT2D eigenvalue weighted by atomic mass is 10.3. The molecule has 2 aromatic carbocycles. The van der Waals surface area contributed by atoms with Crippen LogP contribution in [0.25, 0.3) is 11.1 Å². The van der Waals surface area contributed by atoms with Crippen molar-refractivity contribution in [3.05, 3.63) is 48.5 Å². The quantitative estimate of drug-likeness (QED) is 0.694. The third kappa shape index (κ3) is 4.04. The number of thioether (sulfide) groups is 1. The van der Waals surface area contributed by atoms with Gasteiger partial charge in [0.25, 0.3) is 5.22 Å². The summed E-state index contributed by atoms with van der Waals surface area (Å²) in [6.45, 7) is 2.55. The molecule has 1 aromatic heterocycles. The molecule has 1 amide bonds. The first-order chi connectivity index (χ1) is 11.2. The van der Waals surface area contributed by atoms with Crippen molar-refractivity contribution in [3.8, 4) is 5.75 Å². The lowest BCUT2D eigenvalue weighted by Crippen LogP contribution is -2.13. The minimum atomic E-state index is -0.110. The number of hydrogen-bond donors (Lipinski definition) is 1. The lowest BCUT2D eigenvalue weighted by Gasteiger charge is -2.06. The van der Waals surface area contributed by atoms with Crippen molar-refractivity contribution in [1.82, 2.24) is 4.98 Å². The molecule has 1 heterocycles. The molecule has 3 rings (SSSR count). The summed E-state index contributed by atoms with van der Waals surface area (Å²) in [7, 11) is 0.